The second kappa shape index (κ2) is 3.80. The predicted octanol–water partition coefficient (Wildman–Crippen LogP) is 3.31. The van der Waals surface area contributed by atoms with Crippen LogP contribution in [0.5, 0.6) is 0 Å². The molecule has 15 heavy (non-hydrogen) atoms. The van der Waals surface area contributed by atoms with Gasteiger partial charge in [0.1, 0.15) is 11.8 Å². The molecular formula is C12H9ClN2. The zero-order valence-electron chi connectivity index (χ0n) is 8.24. The van der Waals surface area contributed by atoms with Crippen molar-refractivity contribution in [1.82, 2.24) is 4.57 Å². The lowest BCUT2D eigenvalue weighted by Gasteiger charge is -2.07. The van der Waals surface area contributed by atoms with Gasteiger partial charge in [0.15, 0.2) is 0 Å². The van der Waals surface area contributed by atoms with E-state index >= 15 is 0 Å². The molecule has 2 rings (SSSR count). The van der Waals surface area contributed by atoms with Crippen molar-refractivity contribution >= 4 is 11.6 Å². The quantitative estimate of drug-likeness (QED) is 0.719. The third-order valence-electron chi connectivity index (χ3n) is 2.23. The van der Waals surface area contributed by atoms with E-state index in [1.807, 2.05) is 37.4 Å². The zero-order chi connectivity index (χ0) is 10.8. The second-order valence-corrected chi connectivity index (χ2v) is 3.74. The van der Waals surface area contributed by atoms with Gasteiger partial charge in [-0.2, -0.15) is 5.26 Å². The molecule has 1 aromatic carbocycles. The summed E-state index contributed by atoms with van der Waals surface area (Å²) in [5.41, 5.74) is 2.53. The smallest absolute Gasteiger partial charge is 0.124 e. The molecule has 0 unspecified atom stereocenters. The van der Waals surface area contributed by atoms with Crippen LogP contribution in [0.1, 0.15) is 11.3 Å². The molecule has 0 radical (unpaired) electrons. The molecule has 0 bridgehead atoms. The molecule has 2 nitrogen and oxygen atoms in total. The average molecular weight is 217 g/mol. The molecule has 1 heterocycles. The summed E-state index contributed by atoms with van der Waals surface area (Å²) in [6, 6.07) is 11.5. The molecule has 1 aromatic heterocycles. The maximum Gasteiger partial charge on any atom is 0.124 e. The first-order valence-corrected chi connectivity index (χ1v) is 4.94. The van der Waals surface area contributed by atoms with Crippen LogP contribution in [0.3, 0.4) is 0 Å². The van der Waals surface area contributed by atoms with Crippen molar-refractivity contribution in [2.75, 3.05) is 0 Å². The fourth-order valence-electron chi connectivity index (χ4n) is 1.49. The van der Waals surface area contributed by atoms with Gasteiger partial charge in [0.05, 0.1) is 10.7 Å². The highest BCUT2D eigenvalue weighted by molar-refractivity contribution is 6.32. The van der Waals surface area contributed by atoms with Crippen molar-refractivity contribution in [2.24, 2.45) is 0 Å². The topological polar surface area (TPSA) is 28.7 Å². The van der Waals surface area contributed by atoms with E-state index in [0.29, 0.717) is 10.7 Å². The number of halogens is 1. The first-order valence-electron chi connectivity index (χ1n) is 4.56. The summed E-state index contributed by atoms with van der Waals surface area (Å²) in [5.74, 6) is 0. The van der Waals surface area contributed by atoms with E-state index in [1.165, 1.54) is 0 Å². The van der Waals surface area contributed by atoms with Gasteiger partial charge in [-0.25, -0.2) is 0 Å². The highest BCUT2D eigenvalue weighted by atomic mass is 35.5. The van der Waals surface area contributed by atoms with Gasteiger partial charge >= 0.3 is 0 Å². The Morgan fingerprint density at radius 3 is 2.80 bits per heavy atom. The van der Waals surface area contributed by atoms with Crippen molar-refractivity contribution in [3.63, 3.8) is 0 Å². The number of hydrogen-bond donors (Lipinski definition) is 0. The third kappa shape index (κ3) is 1.74. The van der Waals surface area contributed by atoms with Gasteiger partial charge in [0, 0.05) is 6.20 Å². The van der Waals surface area contributed by atoms with Crippen molar-refractivity contribution < 1.29 is 0 Å². The molecule has 0 aliphatic carbocycles. The predicted molar refractivity (Wildman–Crippen MR) is 60.2 cm³/mol. The van der Waals surface area contributed by atoms with Crippen LogP contribution in [-0.2, 0) is 0 Å². The van der Waals surface area contributed by atoms with Gasteiger partial charge in [-0.15, -0.1) is 0 Å². The molecule has 0 aliphatic rings. The van der Waals surface area contributed by atoms with Crippen molar-refractivity contribution in [3.05, 3.63) is 52.8 Å². The molecule has 0 aliphatic heterocycles. The maximum atomic E-state index is 8.90. The Labute approximate surface area is 93.3 Å². The lowest BCUT2D eigenvalue weighted by molar-refractivity contribution is 1.05. The van der Waals surface area contributed by atoms with E-state index in [0.717, 1.165) is 11.3 Å². The van der Waals surface area contributed by atoms with E-state index in [-0.39, 0.29) is 0 Å². The summed E-state index contributed by atoms with van der Waals surface area (Å²) in [5, 5.41) is 9.56. The molecule has 2 aromatic rings. The van der Waals surface area contributed by atoms with Crippen LogP contribution in [0.4, 0.5) is 0 Å². The summed E-state index contributed by atoms with van der Waals surface area (Å²) >= 11 is 6.12. The second-order valence-electron chi connectivity index (χ2n) is 3.33. The van der Waals surface area contributed by atoms with Crippen LogP contribution in [0.15, 0.2) is 36.5 Å². The SMILES string of the molecule is Cc1ccc(-n2cccc2C#N)c(Cl)c1. The number of hydrogen-bond acceptors (Lipinski definition) is 1. The number of aromatic nitrogens is 1. The lowest BCUT2D eigenvalue weighted by Crippen LogP contribution is -1.96. The van der Waals surface area contributed by atoms with E-state index in [4.69, 9.17) is 16.9 Å². The number of nitrogens with zero attached hydrogens (tertiary/aromatic N) is 2. The van der Waals surface area contributed by atoms with E-state index in [1.54, 1.807) is 10.6 Å². The lowest BCUT2D eigenvalue weighted by atomic mass is 10.2. The molecule has 0 spiro atoms. The van der Waals surface area contributed by atoms with Crippen LogP contribution in [-0.4, -0.2) is 4.57 Å². The maximum absolute atomic E-state index is 8.90. The van der Waals surface area contributed by atoms with Crippen LogP contribution in [0, 0.1) is 18.3 Å². The van der Waals surface area contributed by atoms with E-state index in [9.17, 15) is 0 Å². The van der Waals surface area contributed by atoms with Gasteiger partial charge in [-0.3, -0.25) is 0 Å². The first-order chi connectivity index (χ1) is 7.22. The van der Waals surface area contributed by atoms with Gasteiger partial charge < -0.3 is 4.57 Å². The Morgan fingerprint density at radius 1 is 1.33 bits per heavy atom. The summed E-state index contributed by atoms with van der Waals surface area (Å²) in [4.78, 5) is 0. The molecule has 0 saturated carbocycles. The Balaban J connectivity index is 2.60. The number of aryl methyl sites for hydroxylation is 1. The minimum absolute atomic E-state index is 0.584. The molecule has 0 amide bonds. The monoisotopic (exact) mass is 216 g/mol. The highest BCUT2D eigenvalue weighted by Gasteiger charge is 2.06. The Bertz CT molecular complexity index is 535. The molecule has 3 heteroatoms. The fourth-order valence-corrected chi connectivity index (χ4v) is 1.82. The van der Waals surface area contributed by atoms with E-state index < -0.39 is 0 Å². The van der Waals surface area contributed by atoms with Crippen molar-refractivity contribution in [1.29, 1.82) is 5.26 Å². The molecule has 74 valence electrons. The van der Waals surface area contributed by atoms with Crippen molar-refractivity contribution in [3.8, 4) is 11.8 Å². The van der Waals surface area contributed by atoms with Crippen LogP contribution < -0.4 is 0 Å². The zero-order valence-corrected chi connectivity index (χ0v) is 8.99. The fraction of sp³-hybridized carbons (Fsp3) is 0.0833. The first kappa shape index (κ1) is 9.82. The highest BCUT2D eigenvalue weighted by Crippen LogP contribution is 2.23. The van der Waals surface area contributed by atoms with Crippen LogP contribution >= 0.6 is 11.6 Å². The minimum atomic E-state index is 0.584. The number of rotatable bonds is 1. The largest absolute Gasteiger partial charge is 0.307 e. The standard InChI is InChI=1S/C12H9ClN2/c1-9-4-5-12(11(13)7-9)15-6-2-3-10(15)8-14/h2-7H,1H3. The molecule has 0 N–H and O–H groups in total. The van der Waals surface area contributed by atoms with Gasteiger partial charge in [0.2, 0.25) is 0 Å². The van der Waals surface area contributed by atoms with Crippen molar-refractivity contribution in [2.45, 2.75) is 6.92 Å². The summed E-state index contributed by atoms with van der Waals surface area (Å²) in [7, 11) is 0. The Hall–Kier alpha value is -1.72. The minimum Gasteiger partial charge on any atom is -0.307 e. The number of nitriles is 1. The van der Waals surface area contributed by atoms with Gasteiger partial charge in [-0.05, 0) is 36.8 Å². The molecular weight excluding hydrogens is 208 g/mol. The van der Waals surface area contributed by atoms with Crippen LogP contribution in [0.2, 0.25) is 5.02 Å². The summed E-state index contributed by atoms with van der Waals surface area (Å²) in [6.45, 7) is 1.98. The van der Waals surface area contributed by atoms with E-state index in [2.05, 4.69) is 6.07 Å². The summed E-state index contributed by atoms with van der Waals surface area (Å²) in [6.07, 6.45) is 1.83. The van der Waals surface area contributed by atoms with Gasteiger partial charge in [-0.1, -0.05) is 17.7 Å². The molecule has 0 atom stereocenters. The Morgan fingerprint density at radius 2 is 2.13 bits per heavy atom. The summed E-state index contributed by atoms with van der Waals surface area (Å²) < 4.78 is 1.78. The molecule has 0 fully saturated rings. The number of benzene rings is 1. The average Bonchev–Trinajstić information content (AvgIpc) is 2.65. The molecule has 0 saturated heterocycles. The Kier molecular flexibility index (Phi) is 2.49. The van der Waals surface area contributed by atoms with Gasteiger partial charge in [0.25, 0.3) is 0 Å². The third-order valence-corrected chi connectivity index (χ3v) is 2.53. The van der Waals surface area contributed by atoms with Crippen LogP contribution in [0.25, 0.3) is 5.69 Å². The normalized spacial score (nSPS) is 9.93.